The number of carbonyl (C=O) groups excluding carboxylic acids is 1. The number of ether oxygens (including phenoxy) is 3. The van der Waals surface area contributed by atoms with E-state index in [2.05, 4.69) is 0 Å². The Morgan fingerprint density at radius 3 is 3.04 bits per heavy atom. The maximum atomic E-state index is 12.0. The standard InChI is InChI=1S/C21H27ClO6/c1-2-3-4-5-9-20(25)28-21-18(24)14-27-19(21)11-10-16(23)13-26-17-8-6-7-15(22)12-17/h2-3,6-8,10-12,16,18-19,21,23-24H,4-5,9,13-14H2,1H3. The first-order valence-electron chi connectivity index (χ1n) is 9.34. The molecule has 1 saturated heterocycles. The van der Waals surface area contributed by atoms with E-state index in [9.17, 15) is 15.0 Å². The van der Waals surface area contributed by atoms with Crippen LogP contribution in [0.2, 0.25) is 5.02 Å². The van der Waals surface area contributed by atoms with Gasteiger partial charge in [0.25, 0.3) is 0 Å². The van der Waals surface area contributed by atoms with Gasteiger partial charge in [0.1, 0.15) is 30.7 Å². The summed E-state index contributed by atoms with van der Waals surface area (Å²) in [4.78, 5) is 12.0. The van der Waals surface area contributed by atoms with Crippen molar-refractivity contribution in [2.24, 2.45) is 0 Å². The summed E-state index contributed by atoms with van der Waals surface area (Å²) in [6, 6.07) is 6.88. The number of carbonyl (C=O) groups is 1. The fourth-order valence-corrected chi connectivity index (χ4v) is 2.88. The van der Waals surface area contributed by atoms with E-state index in [0.29, 0.717) is 17.2 Å². The molecule has 0 bridgehead atoms. The lowest BCUT2D eigenvalue weighted by molar-refractivity contribution is -0.154. The summed E-state index contributed by atoms with van der Waals surface area (Å²) in [6.07, 6.45) is 5.58. The van der Waals surface area contributed by atoms with E-state index in [0.717, 1.165) is 6.42 Å². The molecule has 1 aliphatic heterocycles. The van der Waals surface area contributed by atoms with Gasteiger partial charge < -0.3 is 24.4 Å². The number of allylic oxidation sites excluding steroid dienone is 2. The Kier molecular flexibility index (Phi) is 9.50. The van der Waals surface area contributed by atoms with E-state index < -0.39 is 24.4 Å². The molecule has 0 aliphatic carbocycles. The topological polar surface area (TPSA) is 85.2 Å². The van der Waals surface area contributed by atoms with Crippen LogP contribution in [0.25, 0.3) is 0 Å². The predicted octanol–water partition coefficient (Wildman–Crippen LogP) is 3.05. The molecule has 1 aromatic carbocycles. The van der Waals surface area contributed by atoms with E-state index >= 15 is 0 Å². The summed E-state index contributed by atoms with van der Waals surface area (Å²) < 4.78 is 16.3. The monoisotopic (exact) mass is 410 g/mol. The van der Waals surface area contributed by atoms with E-state index in [1.807, 2.05) is 19.1 Å². The normalized spacial score (nSPS) is 23.4. The smallest absolute Gasteiger partial charge is 0.306 e. The van der Waals surface area contributed by atoms with Crippen molar-refractivity contribution < 1.29 is 29.2 Å². The first kappa shape index (κ1) is 22.4. The molecule has 2 rings (SSSR count). The molecule has 4 unspecified atom stereocenters. The Morgan fingerprint density at radius 2 is 2.29 bits per heavy atom. The van der Waals surface area contributed by atoms with Gasteiger partial charge in [-0.1, -0.05) is 42.0 Å². The van der Waals surface area contributed by atoms with Gasteiger partial charge >= 0.3 is 5.97 Å². The zero-order chi connectivity index (χ0) is 20.4. The summed E-state index contributed by atoms with van der Waals surface area (Å²) in [7, 11) is 0. The molecule has 0 saturated carbocycles. The summed E-state index contributed by atoms with van der Waals surface area (Å²) in [5.41, 5.74) is 0. The second-order valence-corrected chi connectivity index (χ2v) is 6.94. The SMILES string of the molecule is CC=CCCCC(=O)OC1C(O)COC1C=CC(O)COc1cccc(Cl)c1. The minimum absolute atomic E-state index is 0.0293. The molecule has 0 amide bonds. The van der Waals surface area contributed by atoms with Crippen molar-refractivity contribution in [1.29, 1.82) is 0 Å². The van der Waals surface area contributed by atoms with E-state index in [1.165, 1.54) is 6.08 Å². The molecule has 154 valence electrons. The largest absolute Gasteiger partial charge is 0.491 e. The van der Waals surface area contributed by atoms with Crippen molar-refractivity contribution in [3.05, 3.63) is 53.6 Å². The summed E-state index contributed by atoms with van der Waals surface area (Å²) in [5, 5.41) is 20.6. The van der Waals surface area contributed by atoms with Gasteiger partial charge in [0, 0.05) is 11.4 Å². The van der Waals surface area contributed by atoms with E-state index in [1.54, 1.807) is 30.3 Å². The number of benzene rings is 1. The average Bonchev–Trinajstić information content (AvgIpc) is 3.01. The van der Waals surface area contributed by atoms with Gasteiger partial charge in [-0.3, -0.25) is 4.79 Å². The Morgan fingerprint density at radius 1 is 1.46 bits per heavy atom. The highest BCUT2D eigenvalue weighted by atomic mass is 35.5. The molecule has 1 fully saturated rings. The molecule has 6 nitrogen and oxygen atoms in total. The lowest BCUT2D eigenvalue weighted by Crippen LogP contribution is -2.34. The molecule has 7 heteroatoms. The van der Waals surface area contributed by atoms with Crippen LogP contribution in [0.1, 0.15) is 26.2 Å². The van der Waals surface area contributed by atoms with Crippen LogP contribution in [0.5, 0.6) is 5.75 Å². The second-order valence-electron chi connectivity index (χ2n) is 6.50. The first-order chi connectivity index (χ1) is 13.5. The van der Waals surface area contributed by atoms with Crippen LogP contribution in [-0.4, -0.2) is 53.8 Å². The summed E-state index contributed by atoms with van der Waals surface area (Å²) in [6.45, 7) is 2.03. The van der Waals surface area contributed by atoms with Crippen molar-refractivity contribution in [2.75, 3.05) is 13.2 Å². The number of hydrogen-bond donors (Lipinski definition) is 2. The maximum Gasteiger partial charge on any atom is 0.306 e. The molecule has 1 heterocycles. The van der Waals surface area contributed by atoms with Crippen LogP contribution in [0.3, 0.4) is 0 Å². The van der Waals surface area contributed by atoms with Crippen LogP contribution in [0.4, 0.5) is 0 Å². The van der Waals surface area contributed by atoms with Gasteiger partial charge in [0.05, 0.1) is 6.61 Å². The Balaban J connectivity index is 1.80. The van der Waals surface area contributed by atoms with E-state index in [-0.39, 0.29) is 25.6 Å². The molecule has 4 atom stereocenters. The van der Waals surface area contributed by atoms with E-state index in [4.69, 9.17) is 25.8 Å². The molecule has 2 N–H and O–H groups in total. The molecular formula is C21H27ClO6. The van der Waals surface area contributed by atoms with Crippen molar-refractivity contribution in [3.8, 4) is 5.75 Å². The van der Waals surface area contributed by atoms with Gasteiger partial charge in [0.2, 0.25) is 0 Å². The first-order valence-corrected chi connectivity index (χ1v) is 9.72. The quantitative estimate of drug-likeness (QED) is 0.350. The molecular weight excluding hydrogens is 384 g/mol. The van der Waals surface area contributed by atoms with Crippen LogP contribution in [0.15, 0.2) is 48.6 Å². The third-order valence-corrected chi connectivity index (χ3v) is 4.39. The van der Waals surface area contributed by atoms with Crippen molar-refractivity contribution in [1.82, 2.24) is 0 Å². The number of aliphatic hydroxyl groups excluding tert-OH is 2. The van der Waals surface area contributed by atoms with Crippen LogP contribution in [0, 0.1) is 0 Å². The average molecular weight is 411 g/mol. The minimum Gasteiger partial charge on any atom is -0.491 e. The Labute approximate surface area is 170 Å². The molecule has 0 spiro atoms. The minimum atomic E-state index is -0.894. The third kappa shape index (κ3) is 7.64. The van der Waals surface area contributed by atoms with Crippen molar-refractivity contribution >= 4 is 17.6 Å². The number of esters is 1. The molecule has 0 radical (unpaired) electrons. The van der Waals surface area contributed by atoms with Gasteiger partial charge in [-0.05, 0) is 38.0 Å². The van der Waals surface area contributed by atoms with Gasteiger partial charge in [-0.15, -0.1) is 0 Å². The highest BCUT2D eigenvalue weighted by Crippen LogP contribution is 2.21. The number of halogens is 1. The zero-order valence-electron chi connectivity index (χ0n) is 15.9. The van der Waals surface area contributed by atoms with Gasteiger partial charge in [-0.2, -0.15) is 0 Å². The lowest BCUT2D eigenvalue weighted by Gasteiger charge is -2.19. The highest BCUT2D eigenvalue weighted by Gasteiger charge is 2.37. The van der Waals surface area contributed by atoms with Crippen molar-refractivity contribution in [3.63, 3.8) is 0 Å². The molecule has 1 aliphatic rings. The van der Waals surface area contributed by atoms with Crippen molar-refractivity contribution in [2.45, 2.75) is 50.6 Å². The third-order valence-electron chi connectivity index (χ3n) is 4.16. The molecule has 0 aromatic heterocycles. The fraction of sp³-hybridized carbons (Fsp3) is 0.476. The number of rotatable bonds is 10. The number of aliphatic hydroxyl groups is 2. The Hall–Kier alpha value is -1.86. The van der Waals surface area contributed by atoms with Gasteiger partial charge in [0.15, 0.2) is 6.10 Å². The van der Waals surface area contributed by atoms with Crippen LogP contribution < -0.4 is 4.74 Å². The fourth-order valence-electron chi connectivity index (χ4n) is 2.70. The molecule has 1 aromatic rings. The number of hydrogen-bond acceptors (Lipinski definition) is 6. The summed E-state index contributed by atoms with van der Waals surface area (Å²) >= 11 is 5.88. The second kappa shape index (κ2) is 11.9. The van der Waals surface area contributed by atoms with Crippen LogP contribution >= 0.6 is 11.6 Å². The van der Waals surface area contributed by atoms with Crippen LogP contribution in [-0.2, 0) is 14.3 Å². The summed E-state index contributed by atoms with van der Waals surface area (Å²) in [5.74, 6) is 0.180. The maximum absolute atomic E-state index is 12.0. The zero-order valence-corrected chi connectivity index (χ0v) is 16.6. The number of unbranched alkanes of at least 4 members (excludes halogenated alkanes) is 1. The molecule has 28 heavy (non-hydrogen) atoms. The Bertz CT molecular complexity index is 675. The predicted molar refractivity (Wildman–Crippen MR) is 106 cm³/mol. The highest BCUT2D eigenvalue weighted by molar-refractivity contribution is 6.30. The van der Waals surface area contributed by atoms with Gasteiger partial charge in [-0.25, -0.2) is 0 Å². The lowest BCUT2D eigenvalue weighted by atomic mass is 10.1.